The quantitative estimate of drug-likeness (QED) is 0.447. The van der Waals surface area contributed by atoms with Crippen LogP contribution in [0.25, 0.3) is 11.4 Å². The van der Waals surface area contributed by atoms with Crippen LogP contribution in [0.3, 0.4) is 0 Å². The Morgan fingerprint density at radius 1 is 1.32 bits per heavy atom. The van der Waals surface area contributed by atoms with Crippen molar-refractivity contribution in [1.82, 2.24) is 14.5 Å². The largest absolute Gasteiger partial charge is 0.434 e. The zero-order valence-corrected chi connectivity index (χ0v) is 17.1. The van der Waals surface area contributed by atoms with E-state index in [1.807, 2.05) is 0 Å². The molecule has 25 heavy (non-hydrogen) atoms. The van der Waals surface area contributed by atoms with E-state index in [1.165, 1.54) is 16.8 Å². The lowest BCUT2D eigenvalue weighted by molar-refractivity contribution is -0.141. The zero-order valence-electron chi connectivity index (χ0n) is 13.9. The molecule has 2 rings (SSSR count). The summed E-state index contributed by atoms with van der Waals surface area (Å²) < 4.78 is 46.5. The molecule has 0 aliphatic heterocycles. The minimum atomic E-state index is -4.55. The molecule has 4 nitrogen and oxygen atoms in total. The Kier molecular flexibility index (Phi) is 6.45. The molecule has 2 heterocycles. The van der Waals surface area contributed by atoms with Gasteiger partial charge in [-0.05, 0) is 40.8 Å². The Morgan fingerprint density at radius 2 is 2.00 bits per heavy atom. The molecule has 0 N–H and O–H groups in total. The first-order chi connectivity index (χ1) is 11.5. The summed E-state index contributed by atoms with van der Waals surface area (Å²) >= 11 is 9.31. The Hall–Kier alpha value is -0.770. The maximum atomic E-state index is 13.0. The Morgan fingerprint density at radius 3 is 2.56 bits per heavy atom. The lowest BCUT2D eigenvalue weighted by Gasteiger charge is -2.24. The molecule has 0 bridgehead atoms. The second-order valence-electron chi connectivity index (χ2n) is 6.24. The molecule has 2 aromatic rings. The van der Waals surface area contributed by atoms with Crippen molar-refractivity contribution in [3.63, 3.8) is 0 Å². The second kappa shape index (κ2) is 7.85. The van der Waals surface area contributed by atoms with Crippen LogP contribution in [0.15, 0.2) is 23.1 Å². The van der Waals surface area contributed by atoms with Gasteiger partial charge in [0, 0.05) is 18.1 Å². The highest BCUT2D eigenvalue weighted by Gasteiger charge is 2.35. The van der Waals surface area contributed by atoms with Gasteiger partial charge in [0.15, 0.2) is 5.69 Å². The number of rotatable bonds is 6. The van der Waals surface area contributed by atoms with Crippen LogP contribution in [0.5, 0.6) is 0 Å². The van der Waals surface area contributed by atoms with Gasteiger partial charge in [-0.1, -0.05) is 11.6 Å². The standard InChI is InChI=1S/C15H18BrClF3N3OS/c1-25(2,3)5-4-24-9-23-8-12(15(18,19)20)22-14(23)10-7-21-13(16)6-11(10)17/h6-8H,4-5,9H2,1-3H3. The van der Waals surface area contributed by atoms with E-state index in [4.69, 9.17) is 16.3 Å². The molecule has 0 aliphatic carbocycles. The molecular weight excluding hydrogens is 443 g/mol. The van der Waals surface area contributed by atoms with Gasteiger partial charge in [0.2, 0.25) is 0 Å². The van der Waals surface area contributed by atoms with E-state index in [2.05, 4.69) is 44.7 Å². The molecule has 0 saturated heterocycles. The number of hydrogen-bond donors (Lipinski definition) is 0. The van der Waals surface area contributed by atoms with Gasteiger partial charge in [-0.2, -0.15) is 13.2 Å². The molecule has 140 valence electrons. The van der Waals surface area contributed by atoms with Gasteiger partial charge in [0.05, 0.1) is 17.2 Å². The molecule has 0 saturated carbocycles. The topological polar surface area (TPSA) is 39.9 Å². The number of alkyl halides is 3. The summed E-state index contributed by atoms with van der Waals surface area (Å²) in [6.45, 7) is 0.421. The van der Waals surface area contributed by atoms with Crippen LogP contribution in [-0.4, -0.2) is 45.7 Å². The number of halogens is 5. The van der Waals surface area contributed by atoms with Crippen LogP contribution in [0, 0.1) is 0 Å². The normalized spacial score (nSPS) is 13.3. The van der Waals surface area contributed by atoms with Crippen LogP contribution >= 0.6 is 37.6 Å². The summed E-state index contributed by atoms with van der Waals surface area (Å²) in [7, 11) is -0.737. The first-order valence-corrected chi connectivity index (χ1v) is 11.4. The molecule has 0 atom stereocenters. The maximum absolute atomic E-state index is 13.0. The first kappa shape index (κ1) is 20.5. The third-order valence-corrected chi connectivity index (χ3v) is 5.34. The fraction of sp³-hybridized carbons (Fsp3) is 0.467. The summed E-state index contributed by atoms with van der Waals surface area (Å²) in [5.41, 5.74) is -0.683. The molecule has 0 aromatic carbocycles. The molecule has 0 aliphatic rings. The van der Waals surface area contributed by atoms with Crippen molar-refractivity contribution in [3.05, 3.63) is 33.8 Å². The van der Waals surface area contributed by atoms with Gasteiger partial charge >= 0.3 is 6.18 Å². The van der Waals surface area contributed by atoms with E-state index in [9.17, 15) is 13.2 Å². The summed E-state index contributed by atoms with van der Waals surface area (Å²) in [4.78, 5) is 7.71. The SMILES string of the molecule is CS(C)(C)CCOCn1cc(C(F)(F)F)nc1-c1cnc(Br)cc1Cl. The molecular formula is C15H18BrClF3N3OS. The average molecular weight is 461 g/mol. The van der Waals surface area contributed by atoms with E-state index in [0.717, 1.165) is 11.9 Å². The van der Waals surface area contributed by atoms with Gasteiger partial charge in [-0.15, -0.1) is 0 Å². The minimum absolute atomic E-state index is 0.0413. The first-order valence-electron chi connectivity index (χ1n) is 7.17. The zero-order chi connectivity index (χ0) is 18.8. The van der Waals surface area contributed by atoms with Crippen molar-refractivity contribution >= 4 is 37.6 Å². The van der Waals surface area contributed by atoms with Crippen molar-refractivity contribution < 1.29 is 17.9 Å². The smallest absolute Gasteiger partial charge is 0.360 e. The fourth-order valence-corrected chi connectivity index (χ4v) is 3.23. The van der Waals surface area contributed by atoms with Gasteiger partial charge in [0.1, 0.15) is 17.2 Å². The third-order valence-electron chi connectivity index (χ3n) is 3.20. The van der Waals surface area contributed by atoms with E-state index < -0.39 is 21.9 Å². The van der Waals surface area contributed by atoms with Crippen LogP contribution < -0.4 is 0 Å². The van der Waals surface area contributed by atoms with Crippen molar-refractivity contribution in [2.24, 2.45) is 0 Å². The summed E-state index contributed by atoms with van der Waals surface area (Å²) in [6.07, 6.45) is 4.20. The lowest BCUT2D eigenvalue weighted by Crippen LogP contribution is -2.10. The average Bonchev–Trinajstić information content (AvgIpc) is 2.86. The molecule has 0 amide bonds. The Balaban J connectivity index is 2.29. The van der Waals surface area contributed by atoms with Crippen molar-refractivity contribution in [1.29, 1.82) is 0 Å². The van der Waals surface area contributed by atoms with Gasteiger partial charge in [-0.3, -0.25) is 0 Å². The Bertz CT molecular complexity index is 747. The number of pyridine rings is 1. The van der Waals surface area contributed by atoms with Crippen LogP contribution in [0.1, 0.15) is 5.69 Å². The highest BCUT2D eigenvalue weighted by atomic mass is 79.9. The van der Waals surface area contributed by atoms with Crippen LogP contribution in [-0.2, 0) is 17.6 Å². The molecule has 0 radical (unpaired) electrons. The van der Waals surface area contributed by atoms with Gasteiger partial charge < -0.3 is 9.30 Å². The minimum Gasteiger partial charge on any atom is -0.360 e. The maximum Gasteiger partial charge on any atom is 0.434 e. The van der Waals surface area contributed by atoms with Crippen molar-refractivity contribution in [2.45, 2.75) is 12.9 Å². The highest BCUT2D eigenvalue weighted by molar-refractivity contribution is 9.10. The number of imidazole rings is 1. The van der Waals surface area contributed by atoms with Crippen LogP contribution in [0.4, 0.5) is 13.2 Å². The predicted molar refractivity (Wildman–Crippen MR) is 99.4 cm³/mol. The number of aromatic nitrogens is 3. The Labute approximate surface area is 159 Å². The second-order valence-corrected chi connectivity index (χ2v) is 12.0. The molecule has 10 heteroatoms. The van der Waals surface area contributed by atoms with E-state index in [-0.39, 0.29) is 17.6 Å². The summed E-state index contributed by atoms with van der Waals surface area (Å²) in [5.74, 6) is 0.935. The van der Waals surface area contributed by atoms with Gasteiger partial charge in [0.25, 0.3) is 0 Å². The number of hydrogen-bond acceptors (Lipinski definition) is 3. The number of nitrogens with zero attached hydrogens (tertiary/aromatic N) is 3. The van der Waals surface area contributed by atoms with Crippen molar-refractivity contribution in [2.75, 3.05) is 31.1 Å². The van der Waals surface area contributed by atoms with Crippen molar-refractivity contribution in [3.8, 4) is 11.4 Å². The monoisotopic (exact) mass is 459 g/mol. The van der Waals surface area contributed by atoms with Gasteiger partial charge in [-0.25, -0.2) is 20.0 Å². The molecule has 0 spiro atoms. The summed E-state index contributed by atoms with van der Waals surface area (Å²) in [6, 6.07) is 1.51. The number of ether oxygens (including phenoxy) is 1. The van der Waals surface area contributed by atoms with E-state index >= 15 is 0 Å². The molecule has 0 fully saturated rings. The lowest BCUT2D eigenvalue weighted by atomic mass is 10.2. The fourth-order valence-electron chi connectivity index (χ4n) is 1.91. The molecule has 2 aromatic heterocycles. The highest BCUT2D eigenvalue weighted by Crippen LogP contribution is 2.35. The molecule has 0 unspecified atom stereocenters. The van der Waals surface area contributed by atoms with Crippen LogP contribution in [0.2, 0.25) is 5.02 Å². The third kappa shape index (κ3) is 5.87. The van der Waals surface area contributed by atoms with E-state index in [1.54, 1.807) is 0 Å². The van der Waals surface area contributed by atoms with E-state index in [0.29, 0.717) is 16.8 Å². The summed E-state index contributed by atoms with van der Waals surface area (Å²) in [5, 5.41) is 0.251. The predicted octanol–water partition coefficient (Wildman–Crippen LogP) is 5.05.